The van der Waals surface area contributed by atoms with Gasteiger partial charge >= 0.3 is 0 Å². The highest BCUT2D eigenvalue weighted by atomic mass is 16.6. The van der Waals surface area contributed by atoms with E-state index >= 15 is 0 Å². The second-order valence-electron chi connectivity index (χ2n) is 7.00. The van der Waals surface area contributed by atoms with Crippen LogP contribution in [0.5, 0.6) is 0 Å². The van der Waals surface area contributed by atoms with Gasteiger partial charge in [-0.3, -0.25) is 20.2 Å². The molecular weight excluding hydrogens is 322 g/mol. The second-order valence-corrected chi connectivity index (χ2v) is 7.00. The van der Waals surface area contributed by atoms with E-state index in [1.807, 2.05) is 28.1 Å². The van der Waals surface area contributed by atoms with Crippen molar-refractivity contribution >= 4 is 11.4 Å². The van der Waals surface area contributed by atoms with Gasteiger partial charge in [0.05, 0.1) is 36.6 Å². The summed E-state index contributed by atoms with van der Waals surface area (Å²) >= 11 is 0. The number of aryl methyl sites for hydroxylation is 1. The van der Waals surface area contributed by atoms with Crippen LogP contribution in [0.15, 0.2) is 36.4 Å². The number of nitrogens with zero attached hydrogens (tertiary/aromatic N) is 3. The normalized spacial score (nSPS) is 11.4. The lowest BCUT2D eigenvalue weighted by Gasteiger charge is -2.23. The van der Waals surface area contributed by atoms with Crippen molar-refractivity contribution in [1.82, 2.24) is 0 Å². The van der Waals surface area contributed by atoms with Crippen LogP contribution in [0.4, 0.5) is 11.4 Å². The molecule has 0 aliphatic heterocycles. The monoisotopic (exact) mass is 344 g/mol. The topological polar surface area (TPSA) is 86.3 Å². The van der Waals surface area contributed by atoms with Crippen LogP contribution in [0.3, 0.4) is 0 Å². The first kappa shape index (κ1) is 18.5. The zero-order valence-electron chi connectivity index (χ0n) is 14.9. The van der Waals surface area contributed by atoms with E-state index < -0.39 is 9.85 Å². The zero-order valence-corrected chi connectivity index (χ0v) is 14.9. The number of benzene rings is 2. The largest absolute Gasteiger partial charge is 0.327 e. The number of hydrogen-bond acceptors (Lipinski definition) is 4. The Bertz CT molecular complexity index is 826. The molecule has 0 N–H and O–H groups in total. The molecule has 0 radical (unpaired) electrons. The fourth-order valence-corrected chi connectivity index (χ4v) is 2.77. The molecule has 7 heteroatoms. The molecule has 0 aromatic heterocycles. The minimum absolute atomic E-state index is 0.0350. The van der Waals surface area contributed by atoms with E-state index in [-0.39, 0.29) is 11.4 Å². The first-order chi connectivity index (χ1) is 11.6. The van der Waals surface area contributed by atoms with Crippen LogP contribution < -0.4 is 0 Å². The van der Waals surface area contributed by atoms with Gasteiger partial charge in [-0.2, -0.15) is 0 Å². The maximum atomic E-state index is 11.5. The van der Waals surface area contributed by atoms with Crippen LogP contribution in [-0.4, -0.2) is 35.5 Å². The van der Waals surface area contributed by atoms with Crippen molar-refractivity contribution in [3.63, 3.8) is 0 Å². The van der Waals surface area contributed by atoms with Crippen molar-refractivity contribution in [3.8, 4) is 11.1 Å². The smallest absolute Gasteiger partial charge is 0.278 e. The van der Waals surface area contributed by atoms with E-state index in [1.54, 1.807) is 24.3 Å². The number of hydrogen-bond donors (Lipinski definition) is 0. The third-order valence-corrected chi connectivity index (χ3v) is 3.92. The Morgan fingerprint density at radius 2 is 1.28 bits per heavy atom. The predicted octanol–water partition coefficient (Wildman–Crippen LogP) is 3.94. The maximum Gasteiger partial charge on any atom is 0.278 e. The lowest BCUT2D eigenvalue weighted by molar-refractivity contribution is -0.884. The van der Waals surface area contributed by atoms with E-state index in [4.69, 9.17) is 0 Å². The molecule has 0 amide bonds. The van der Waals surface area contributed by atoms with Gasteiger partial charge < -0.3 is 4.48 Å². The SMILES string of the molecule is CCc1ccc(-c2ccc(C[N+](C)(C)C)c([N+](=O)[O-])c2)cc1[N+](=O)[O-]. The van der Waals surface area contributed by atoms with Gasteiger partial charge in [0.15, 0.2) is 0 Å². The van der Waals surface area contributed by atoms with Crippen molar-refractivity contribution < 1.29 is 14.3 Å². The molecule has 0 spiro atoms. The lowest BCUT2D eigenvalue weighted by Crippen LogP contribution is -2.33. The summed E-state index contributed by atoms with van der Waals surface area (Å²) in [4.78, 5) is 21.9. The van der Waals surface area contributed by atoms with Crippen molar-refractivity contribution in [2.75, 3.05) is 21.1 Å². The first-order valence-electron chi connectivity index (χ1n) is 7.98. The minimum Gasteiger partial charge on any atom is -0.327 e. The van der Waals surface area contributed by atoms with E-state index in [0.717, 1.165) is 0 Å². The molecule has 7 nitrogen and oxygen atoms in total. The van der Waals surface area contributed by atoms with E-state index in [1.165, 1.54) is 12.1 Å². The van der Waals surface area contributed by atoms with Crippen molar-refractivity contribution in [2.45, 2.75) is 19.9 Å². The molecule has 25 heavy (non-hydrogen) atoms. The zero-order chi connectivity index (χ0) is 18.8. The molecule has 0 aliphatic carbocycles. The highest BCUT2D eigenvalue weighted by molar-refractivity contribution is 5.70. The molecule has 0 saturated carbocycles. The molecule has 0 aliphatic rings. The fourth-order valence-electron chi connectivity index (χ4n) is 2.77. The summed E-state index contributed by atoms with van der Waals surface area (Å²) in [6.45, 7) is 2.37. The Morgan fingerprint density at radius 1 is 0.840 bits per heavy atom. The van der Waals surface area contributed by atoms with Gasteiger partial charge in [-0.05, 0) is 23.6 Å². The summed E-state index contributed by atoms with van der Waals surface area (Å²) in [6, 6.07) is 9.97. The maximum absolute atomic E-state index is 11.5. The Kier molecular flexibility index (Phi) is 5.18. The van der Waals surface area contributed by atoms with Gasteiger partial charge in [-0.15, -0.1) is 0 Å². The van der Waals surface area contributed by atoms with E-state index in [9.17, 15) is 20.2 Å². The Morgan fingerprint density at radius 3 is 1.68 bits per heavy atom. The van der Waals surface area contributed by atoms with Crippen LogP contribution in [0.25, 0.3) is 11.1 Å². The molecule has 0 unspecified atom stereocenters. The molecule has 2 aromatic carbocycles. The third-order valence-electron chi connectivity index (χ3n) is 3.92. The molecule has 2 aromatic rings. The Balaban J connectivity index is 2.54. The van der Waals surface area contributed by atoms with Crippen LogP contribution in [0, 0.1) is 20.2 Å². The average molecular weight is 344 g/mol. The molecule has 0 fully saturated rings. The minimum atomic E-state index is -0.414. The van der Waals surface area contributed by atoms with Gasteiger partial charge in [0.1, 0.15) is 6.54 Å². The molecule has 0 atom stereocenters. The quantitative estimate of drug-likeness (QED) is 0.451. The summed E-state index contributed by atoms with van der Waals surface area (Å²) in [5.41, 5.74) is 2.56. The molecule has 0 saturated heterocycles. The van der Waals surface area contributed by atoms with Gasteiger partial charge in [-0.25, -0.2) is 0 Å². The highest BCUT2D eigenvalue weighted by Crippen LogP contribution is 2.32. The molecular formula is C18H22N3O4+. The molecule has 132 valence electrons. The summed E-state index contributed by atoms with van der Waals surface area (Å²) in [5.74, 6) is 0. The average Bonchev–Trinajstić information content (AvgIpc) is 2.52. The lowest BCUT2D eigenvalue weighted by atomic mass is 9.99. The van der Waals surface area contributed by atoms with Crippen LogP contribution in [0.1, 0.15) is 18.1 Å². The standard InChI is InChI=1S/C18H22N3O4/c1-5-13-6-7-14(10-17(13)19(22)23)15-8-9-16(12-21(2,3)4)18(11-15)20(24)25/h6-11H,5,12H2,1-4H3/q+1. The van der Waals surface area contributed by atoms with E-state index in [0.29, 0.717) is 39.7 Å². The van der Waals surface area contributed by atoms with Crippen LogP contribution in [0.2, 0.25) is 0 Å². The predicted molar refractivity (Wildman–Crippen MR) is 96.3 cm³/mol. The van der Waals surface area contributed by atoms with Gasteiger partial charge in [0, 0.05) is 17.7 Å². The van der Waals surface area contributed by atoms with Gasteiger partial charge in [-0.1, -0.05) is 25.1 Å². The highest BCUT2D eigenvalue weighted by Gasteiger charge is 2.21. The third kappa shape index (κ3) is 4.39. The summed E-state index contributed by atoms with van der Waals surface area (Å²) < 4.78 is 0.566. The van der Waals surface area contributed by atoms with Gasteiger partial charge in [0.2, 0.25) is 0 Å². The van der Waals surface area contributed by atoms with Crippen molar-refractivity contribution in [3.05, 3.63) is 67.8 Å². The molecule has 2 rings (SSSR count). The summed E-state index contributed by atoms with van der Waals surface area (Å²) in [6.07, 6.45) is 0.555. The second kappa shape index (κ2) is 6.98. The number of rotatable bonds is 6. The molecule has 0 heterocycles. The van der Waals surface area contributed by atoms with Gasteiger partial charge in [0.25, 0.3) is 11.4 Å². The van der Waals surface area contributed by atoms with Crippen molar-refractivity contribution in [2.24, 2.45) is 0 Å². The fraction of sp³-hybridized carbons (Fsp3) is 0.333. The number of quaternary nitrogens is 1. The summed E-state index contributed by atoms with van der Waals surface area (Å²) in [5, 5.41) is 22.7. The van der Waals surface area contributed by atoms with Crippen LogP contribution in [-0.2, 0) is 13.0 Å². The van der Waals surface area contributed by atoms with Crippen LogP contribution >= 0.6 is 0 Å². The molecule has 0 bridgehead atoms. The Hall–Kier alpha value is -2.80. The number of nitro benzene ring substituents is 2. The number of nitro groups is 2. The Labute approximate surface area is 146 Å². The van der Waals surface area contributed by atoms with Crippen molar-refractivity contribution in [1.29, 1.82) is 0 Å². The van der Waals surface area contributed by atoms with E-state index in [2.05, 4.69) is 0 Å². The summed E-state index contributed by atoms with van der Waals surface area (Å²) in [7, 11) is 5.89. The first-order valence-corrected chi connectivity index (χ1v) is 7.98.